The molecule has 1 aromatic heterocycles. The minimum atomic E-state index is 0.320. The van der Waals surface area contributed by atoms with E-state index in [0.717, 1.165) is 35.1 Å². The molecular formula is C16H18N2. The van der Waals surface area contributed by atoms with Gasteiger partial charge in [0.2, 0.25) is 0 Å². The first kappa shape index (κ1) is 12.4. The van der Waals surface area contributed by atoms with Crippen molar-refractivity contribution in [2.45, 2.75) is 32.7 Å². The summed E-state index contributed by atoms with van der Waals surface area (Å²) in [6, 6.07) is 10.6. The van der Waals surface area contributed by atoms with E-state index in [2.05, 4.69) is 35.3 Å². The molecule has 0 fully saturated rings. The zero-order valence-corrected chi connectivity index (χ0v) is 10.9. The van der Waals surface area contributed by atoms with Gasteiger partial charge in [-0.05, 0) is 25.5 Å². The van der Waals surface area contributed by atoms with E-state index in [1.807, 2.05) is 25.1 Å². The van der Waals surface area contributed by atoms with E-state index >= 15 is 0 Å². The number of aromatic nitrogens is 1. The van der Waals surface area contributed by atoms with E-state index in [1.165, 1.54) is 0 Å². The summed E-state index contributed by atoms with van der Waals surface area (Å²) in [5, 5.41) is 4.68. The van der Waals surface area contributed by atoms with Crippen LogP contribution < -0.4 is 5.32 Å². The number of terminal acetylenes is 1. The van der Waals surface area contributed by atoms with Gasteiger partial charge in [0, 0.05) is 29.2 Å². The topological polar surface area (TPSA) is 24.9 Å². The van der Waals surface area contributed by atoms with E-state index in [0.29, 0.717) is 6.04 Å². The summed E-state index contributed by atoms with van der Waals surface area (Å²) < 4.78 is 0. The second-order valence-electron chi connectivity index (χ2n) is 4.49. The molecule has 2 nitrogen and oxygen atoms in total. The fraction of sp³-hybridized carbons (Fsp3) is 0.312. The van der Waals surface area contributed by atoms with Crippen molar-refractivity contribution >= 4 is 16.6 Å². The monoisotopic (exact) mass is 238 g/mol. The number of anilines is 1. The van der Waals surface area contributed by atoms with Gasteiger partial charge in [-0.3, -0.25) is 4.98 Å². The van der Waals surface area contributed by atoms with Crippen molar-refractivity contribution in [3.8, 4) is 12.3 Å². The Morgan fingerprint density at radius 1 is 1.39 bits per heavy atom. The summed E-state index contributed by atoms with van der Waals surface area (Å²) >= 11 is 0. The van der Waals surface area contributed by atoms with E-state index in [9.17, 15) is 0 Å². The number of para-hydroxylation sites is 1. The van der Waals surface area contributed by atoms with E-state index in [4.69, 9.17) is 6.42 Å². The fourth-order valence-corrected chi connectivity index (χ4v) is 2.09. The lowest BCUT2D eigenvalue weighted by Gasteiger charge is -2.17. The molecule has 0 aliphatic heterocycles. The molecule has 1 N–H and O–H groups in total. The van der Waals surface area contributed by atoms with Crippen LogP contribution in [0.25, 0.3) is 10.9 Å². The summed E-state index contributed by atoms with van der Waals surface area (Å²) in [5.41, 5.74) is 3.17. The second-order valence-corrected chi connectivity index (χ2v) is 4.49. The number of rotatable bonds is 4. The number of hydrogen-bond acceptors (Lipinski definition) is 2. The van der Waals surface area contributed by atoms with Crippen molar-refractivity contribution in [1.29, 1.82) is 0 Å². The van der Waals surface area contributed by atoms with Crippen LogP contribution >= 0.6 is 0 Å². The van der Waals surface area contributed by atoms with Gasteiger partial charge in [0.05, 0.1) is 5.52 Å². The fourth-order valence-electron chi connectivity index (χ4n) is 2.09. The highest BCUT2D eigenvalue weighted by Crippen LogP contribution is 2.24. The number of nitrogens with one attached hydrogen (secondary N) is 1. The molecule has 0 spiro atoms. The Bertz CT molecular complexity index is 581. The lowest BCUT2D eigenvalue weighted by Crippen LogP contribution is -2.18. The molecule has 2 rings (SSSR count). The van der Waals surface area contributed by atoms with Gasteiger partial charge in [0.1, 0.15) is 0 Å². The predicted octanol–water partition coefficient (Wildman–Crippen LogP) is 3.76. The molecule has 0 aliphatic carbocycles. The molecule has 18 heavy (non-hydrogen) atoms. The first-order valence-electron chi connectivity index (χ1n) is 6.31. The van der Waals surface area contributed by atoms with Crippen LogP contribution in [0, 0.1) is 19.3 Å². The maximum absolute atomic E-state index is 5.40. The van der Waals surface area contributed by atoms with Crippen molar-refractivity contribution in [1.82, 2.24) is 4.98 Å². The van der Waals surface area contributed by atoms with E-state index < -0.39 is 0 Å². The molecule has 0 radical (unpaired) electrons. The molecule has 0 amide bonds. The molecule has 1 aromatic carbocycles. The smallest absolute Gasteiger partial charge is 0.0725 e. The average Bonchev–Trinajstić information content (AvgIpc) is 2.38. The van der Waals surface area contributed by atoms with Crippen LogP contribution in [0.5, 0.6) is 0 Å². The first-order chi connectivity index (χ1) is 8.74. The van der Waals surface area contributed by atoms with Crippen LogP contribution in [0.4, 0.5) is 5.69 Å². The van der Waals surface area contributed by atoms with Crippen molar-refractivity contribution < 1.29 is 0 Å². The van der Waals surface area contributed by atoms with Crippen molar-refractivity contribution in [3.05, 3.63) is 36.0 Å². The highest BCUT2D eigenvalue weighted by Gasteiger charge is 2.08. The molecule has 0 saturated heterocycles. The third kappa shape index (κ3) is 2.62. The maximum Gasteiger partial charge on any atom is 0.0725 e. The SMILES string of the molecule is C#CCC(CC)Nc1cc(C)nc2ccccc12. The minimum Gasteiger partial charge on any atom is -0.381 e. The summed E-state index contributed by atoms with van der Waals surface area (Å²) in [7, 11) is 0. The molecule has 1 unspecified atom stereocenters. The maximum atomic E-state index is 5.40. The van der Waals surface area contributed by atoms with Gasteiger partial charge in [-0.1, -0.05) is 25.1 Å². The van der Waals surface area contributed by atoms with Crippen LogP contribution in [-0.2, 0) is 0 Å². The molecule has 2 heteroatoms. The minimum absolute atomic E-state index is 0.320. The summed E-state index contributed by atoms with van der Waals surface area (Å²) in [6.45, 7) is 4.16. The number of hydrogen-bond donors (Lipinski definition) is 1. The van der Waals surface area contributed by atoms with Gasteiger partial charge < -0.3 is 5.32 Å². The highest BCUT2D eigenvalue weighted by atomic mass is 14.9. The average molecular weight is 238 g/mol. The van der Waals surface area contributed by atoms with Gasteiger partial charge in [0.15, 0.2) is 0 Å². The predicted molar refractivity (Wildman–Crippen MR) is 77.6 cm³/mol. The third-order valence-electron chi connectivity index (χ3n) is 3.06. The third-order valence-corrected chi connectivity index (χ3v) is 3.06. The largest absolute Gasteiger partial charge is 0.381 e. The van der Waals surface area contributed by atoms with Crippen molar-refractivity contribution in [2.75, 3.05) is 5.32 Å². The molecule has 2 aromatic rings. The number of nitrogens with zero attached hydrogens (tertiary/aromatic N) is 1. The Balaban J connectivity index is 2.40. The Morgan fingerprint density at radius 3 is 2.89 bits per heavy atom. The van der Waals surface area contributed by atoms with E-state index in [-0.39, 0.29) is 0 Å². The number of pyridine rings is 1. The van der Waals surface area contributed by atoms with Gasteiger partial charge in [-0.15, -0.1) is 12.3 Å². The Hall–Kier alpha value is -2.01. The normalized spacial score (nSPS) is 12.1. The second kappa shape index (κ2) is 5.55. The van der Waals surface area contributed by atoms with Crippen LogP contribution in [0.15, 0.2) is 30.3 Å². The number of aryl methyl sites for hydroxylation is 1. The number of benzene rings is 1. The molecule has 0 saturated carbocycles. The lowest BCUT2D eigenvalue weighted by molar-refractivity contribution is 0.716. The standard InChI is InChI=1S/C16H18N2/c1-4-8-13(5-2)18-16-11-12(3)17-15-10-7-6-9-14(15)16/h1,6-7,9-11,13H,5,8H2,2-3H3,(H,17,18). The van der Waals surface area contributed by atoms with Crippen molar-refractivity contribution in [3.63, 3.8) is 0 Å². The van der Waals surface area contributed by atoms with Crippen LogP contribution in [0.2, 0.25) is 0 Å². The zero-order valence-electron chi connectivity index (χ0n) is 10.9. The Morgan fingerprint density at radius 2 is 2.17 bits per heavy atom. The van der Waals surface area contributed by atoms with E-state index in [1.54, 1.807) is 0 Å². The summed E-state index contributed by atoms with van der Waals surface area (Å²) in [5.74, 6) is 2.72. The van der Waals surface area contributed by atoms with Gasteiger partial charge in [-0.2, -0.15) is 0 Å². The molecule has 1 atom stereocenters. The molecule has 0 aliphatic rings. The molecular weight excluding hydrogens is 220 g/mol. The highest BCUT2D eigenvalue weighted by molar-refractivity contribution is 5.91. The Labute approximate surface area is 108 Å². The molecule has 92 valence electrons. The lowest BCUT2D eigenvalue weighted by atomic mass is 10.1. The molecule has 1 heterocycles. The summed E-state index contributed by atoms with van der Waals surface area (Å²) in [6.07, 6.45) is 7.15. The van der Waals surface area contributed by atoms with Crippen LogP contribution in [-0.4, -0.2) is 11.0 Å². The van der Waals surface area contributed by atoms with Crippen LogP contribution in [0.1, 0.15) is 25.5 Å². The van der Waals surface area contributed by atoms with Gasteiger partial charge in [-0.25, -0.2) is 0 Å². The number of fused-ring (bicyclic) bond motifs is 1. The quantitative estimate of drug-likeness (QED) is 0.820. The van der Waals surface area contributed by atoms with Gasteiger partial charge in [0.25, 0.3) is 0 Å². The first-order valence-corrected chi connectivity index (χ1v) is 6.31. The van der Waals surface area contributed by atoms with Crippen LogP contribution in [0.3, 0.4) is 0 Å². The molecule has 0 bridgehead atoms. The van der Waals surface area contributed by atoms with Crippen molar-refractivity contribution in [2.24, 2.45) is 0 Å². The Kier molecular flexibility index (Phi) is 3.84. The van der Waals surface area contributed by atoms with Gasteiger partial charge >= 0.3 is 0 Å². The zero-order chi connectivity index (χ0) is 13.0. The summed E-state index contributed by atoms with van der Waals surface area (Å²) in [4.78, 5) is 4.54.